The molecule has 0 heterocycles. The highest BCUT2D eigenvalue weighted by Crippen LogP contribution is 2.07. The third-order valence-corrected chi connectivity index (χ3v) is 5.54. The van der Waals surface area contributed by atoms with Gasteiger partial charge in [0.05, 0.1) is 6.73 Å². The second kappa shape index (κ2) is 5.13. The van der Waals surface area contributed by atoms with Crippen LogP contribution in [0.4, 0.5) is 0 Å². The lowest BCUT2D eigenvalue weighted by Gasteiger charge is -2.26. The van der Waals surface area contributed by atoms with E-state index in [2.05, 4.69) is 26.2 Å². The van der Waals surface area contributed by atoms with Crippen molar-refractivity contribution in [2.75, 3.05) is 20.8 Å². The molecule has 0 unspecified atom stereocenters. The Bertz CT molecular complexity index is 129. The molecule has 0 atom stereocenters. The summed E-state index contributed by atoms with van der Waals surface area (Å²) in [6.07, 6.45) is 0. The smallest absolute Gasteiger partial charge is 0.322 e. The molecule has 0 fully saturated rings. The molecule has 0 aromatic carbocycles. The van der Waals surface area contributed by atoms with Crippen LogP contribution < -0.4 is 0 Å². The molecule has 0 amide bonds. The lowest BCUT2D eigenvalue weighted by atomic mass is 11.0. The van der Waals surface area contributed by atoms with E-state index in [1.165, 1.54) is 0 Å². The van der Waals surface area contributed by atoms with Crippen molar-refractivity contribution in [3.05, 3.63) is 0 Å². The van der Waals surface area contributed by atoms with Crippen molar-refractivity contribution in [3.63, 3.8) is 0 Å². The summed E-state index contributed by atoms with van der Waals surface area (Å²) in [5.74, 6) is 0. The Balaban J connectivity index is 3.71. The minimum absolute atomic E-state index is 0.621. The van der Waals surface area contributed by atoms with Gasteiger partial charge in [0.25, 0.3) is 0 Å². The van der Waals surface area contributed by atoms with E-state index in [-0.39, 0.29) is 0 Å². The van der Waals surface area contributed by atoms with E-state index in [4.69, 9.17) is 8.54 Å². The van der Waals surface area contributed by atoms with Gasteiger partial charge in [-0.05, 0) is 40.3 Å². The quantitative estimate of drug-likeness (QED) is 0.502. The standard InChI is InChI=1S/C7H20NO2Si2/c1-8(2)7-9-12(5,6)10-11(3)4/h7H2,1-6H3. The number of hydrogen-bond acceptors (Lipinski definition) is 3. The van der Waals surface area contributed by atoms with Crippen LogP contribution in [0.1, 0.15) is 0 Å². The van der Waals surface area contributed by atoms with Gasteiger partial charge < -0.3 is 8.54 Å². The zero-order chi connectivity index (χ0) is 9.78. The molecule has 0 rings (SSSR count). The van der Waals surface area contributed by atoms with Crippen molar-refractivity contribution in [2.45, 2.75) is 26.2 Å². The van der Waals surface area contributed by atoms with Crippen LogP contribution in [0.15, 0.2) is 0 Å². The molecule has 3 nitrogen and oxygen atoms in total. The molecule has 0 saturated heterocycles. The molecule has 0 aliphatic rings. The van der Waals surface area contributed by atoms with Gasteiger partial charge in [-0.3, -0.25) is 4.90 Å². The van der Waals surface area contributed by atoms with Crippen LogP contribution in [-0.2, 0) is 8.54 Å². The molecule has 0 bridgehead atoms. The molecular formula is C7H20NO2Si2. The predicted octanol–water partition coefficient (Wildman–Crippen LogP) is 1.49. The first-order chi connectivity index (χ1) is 5.33. The van der Waals surface area contributed by atoms with Crippen molar-refractivity contribution >= 4 is 17.6 Å². The van der Waals surface area contributed by atoms with Gasteiger partial charge in [0.15, 0.2) is 9.04 Å². The molecule has 1 radical (unpaired) electrons. The number of hydrogen-bond donors (Lipinski definition) is 0. The first-order valence-corrected chi connectivity index (χ1v) is 9.34. The van der Waals surface area contributed by atoms with Crippen LogP contribution in [-0.4, -0.2) is 43.3 Å². The summed E-state index contributed by atoms with van der Waals surface area (Å²) >= 11 is 0. The Labute approximate surface area is 78.6 Å². The highest BCUT2D eigenvalue weighted by molar-refractivity contribution is 6.72. The van der Waals surface area contributed by atoms with E-state index < -0.39 is 17.6 Å². The molecule has 12 heavy (non-hydrogen) atoms. The lowest BCUT2D eigenvalue weighted by molar-refractivity contribution is 0.145. The average molecular weight is 206 g/mol. The van der Waals surface area contributed by atoms with Gasteiger partial charge in [-0.1, -0.05) is 0 Å². The van der Waals surface area contributed by atoms with E-state index >= 15 is 0 Å². The van der Waals surface area contributed by atoms with Gasteiger partial charge >= 0.3 is 8.56 Å². The maximum atomic E-state index is 5.78. The summed E-state index contributed by atoms with van der Waals surface area (Å²) in [6.45, 7) is 9.12. The van der Waals surface area contributed by atoms with Crippen LogP contribution >= 0.6 is 0 Å². The highest BCUT2D eigenvalue weighted by Gasteiger charge is 2.25. The fourth-order valence-corrected chi connectivity index (χ4v) is 5.54. The zero-order valence-electron chi connectivity index (χ0n) is 8.97. The van der Waals surface area contributed by atoms with Crippen molar-refractivity contribution < 1.29 is 8.54 Å². The molecule has 0 aromatic rings. The Kier molecular flexibility index (Phi) is 5.27. The predicted molar refractivity (Wildman–Crippen MR) is 55.7 cm³/mol. The summed E-state index contributed by atoms with van der Waals surface area (Å²) < 4.78 is 11.4. The van der Waals surface area contributed by atoms with Crippen LogP contribution in [0, 0.1) is 0 Å². The third kappa shape index (κ3) is 6.99. The summed E-state index contributed by atoms with van der Waals surface area (Å²) in [5.41, 5.74) is 0. The largest absolute Gasteiger partial charge is 0.436 e. The first kappa shape index (κ1) is 12.3. The fraction of sp³-hybridized carbons (Fsp3) is 1.00. The van der Waals surface area contributed by atoms with Gasteiger partial charge in [0.2, 0.25) is 0 Å². The monoisotopic (exact) mass is 206 g/mol. The Morgan fingerprint density at radius 3 is 2.08 bits per heavy atom. The van der Waals surface area contributed by atoms with Crippen molar-refractivity contribution in [1.82, 2.24) is 4.90 Å². The molecule has 0 saturated carbocycles. The molecular weight excluding hydrogens is 186 g/mol. The van der Waals surface area contributed by atoms with Crippen molar-refractivity contribution in [1.29, 1.82) is 0 Å². The summed E-state index contributed by atoms with van der Waals surface area (Å²) in [7, 11) is 1.54. The van der Waals surface area contributed by atoms with Crippen LogP contribution in [0.5, 0.6) is 0 Å². The maximum absolute atomic E-state index is 5.78. The van der Waals surface area contributed by atoms with Gasteiger partial charge in [-0.15, -0.1) is 0 Å². The Hall–Kier alpha value is 0.314. The van der Waals surface area contributed by atoms with E-state index in [0.717, 1.165) is 0 Å². The summed E-state index contributed by atoms with van der Waals surface area (Å²) in [6, 6.07) is 0. The van der Waals surface area contributed by atoms with E-state index in [1.54, 1.807) is 0 Å². The summed E-state index contributed by atoms with van der Waals surface area (Å²) in [5, 5.41) is 0. The van der Waals surface area contributed by atoms with E-state index in [9.17, 15) is 0 Å². The van der Waals surface area contributed by atoms with Crippen LogP contribution in [0.25, 0.3) is 0 Å². The Morgan fingerprint density at radius 1 is 1.25 bits per heavy atom. The second-order valence-corrected chi connectivity index (χ2v) is 9.48. The maximum Gasteiger partial charge on any atom is 0.322 e. The van der Waals surface area contributed by atoms with E-state index in [1.807, 2.05) is 19.0 Å². The average Bonchev–Trinajstić information content (AvgIpc) is 1.81. The minimum atomic E-state index is -1.83. The normalized spacial score (nSPS) is 13.0. The van der Waals surface area contributed by atoms with Crippen molar-refractivity contribution in [3.8, 4) is 0 Å². The molecule has 0 aliphatic carbocycles. The Morgan fingerprint density at radius 2 is 1.75 bits per heavy atom. The van der Waals surface area contributed by atoms with Crippen LogP contribution in [0.2, 0.25) is 26.2 Å². The molecule has 73 valence electrons. The highest BCUT2D eigenvalue weighted by atomic mass is 28.4. The second-order valence-electron chi connectivity index (χ2n) is 3.76. The fourth-order valence-electron chi connectivity index (χ4n) is 0.806. The molecule has 5 heteroatoms. The molecule has 0 aromatic heterocycles. The van der Waals surface area contributed by atoms with Crippen molar-refractivity contribution in [2.24, 2.45) is 0 Å². The molecule has 0 aliphatic heterocycles. The topological polar surface area (TPSA) is 21.7 Å². The molecule has 0 spiro atoms. The summed E-state index contributed by atoms with van der Waals surface area (Å²) in [4.78, 5) is 2.01. The number of rotatable bonds is 5. The minimum Gasteiger partial charge on any atom is -0.436 e. The lowest BCUT2D eigenvalue weighted by Crippen LogP contribution is -2.41. The SMILES string of the molecule is CN(C)CO[Si](C)(C)O[Si](C)C. The van der Waals surface area contributed by atoms with Crippen LogP contribution in [0.3, 0.4) is 0 Å². The van der Waals surface area contributed by atoms with Gasteiger partial charge in [0.1, 0.15) is 0 Å². The first-order valence-electron chi connectivity index (χ1n) is 4.11. The van der Waals surface area contributed by atoms with Gasteiger partial charge in [-0.2, -0.15) is 0 Å². The number of nitrogens with zero attached hydrogens (tertiary/aromatic N) is 1. The van der Waals surface area contributed by atoms with Gasteiger partial charge in [0, 0.05) is 0 Å². The van der Waals surface area contributed by atoms with Gasteiger partial charge in [-0.25, -0.2) is 0 Å². The zero-order valence-corrected chi connectivity index (χ0v) is 11.0. The third-order valence-electron chi connectivity index (χ3n) is 1.12. The van der Waals surface area contributed by atoms with E-state index in [0.29, 0.717) is 6.73 Å². The molecule has 0 N–H and O–H groups in total.